The van der Waals surface area contributed by atoms with Crippen LogP contribution in [0.2, 0.25) is 0 Å². The van der Waals surface area contributed by atoms with Gasteiger partial charge in [0.1, 0.15) is 5.82 Å². The Morgan fingerprint density at radius 1 is 1.33 bits per heavy atom. The van der Waals surface area contributed by atoms with E-state index in [0.29, 0.717) is 12.4 Å². The van der Waals surface area contributed by atoms with E-state index in [1.807, 2.05) is 32.2 Å². The third-order valence-corrected chi connectivity index (χ3v) is 3.87. The van der Waals surface area contributed by atoms with Crippen LogP contribution in [0.1, 0.15) is 13.8 Å². The predicted molar refractivity (Wildman–Crippen MR) is 83.1 cm³/mol. The molecule has 0 aromatic carbocycles. The fourth-order valence-corrected chi connectivity index (χ4v) is 2.65. The van der Waals surface area contributed by atoms with Gasteiger partial charge >= 0.3 is 5.97 Å². The van der Waals surface area contributed by atoms with Crippen LogP contribution in [0.4, 0.5) is 11.5 Å². The van der Waals surface area contributed by atoms with Crippen LogP contribution < -0.4 is 10.6 Å². The molecule has 1 saturated heterocycles. The minimum atomic E-state index is -0.473. The van der Waals surface area contributed by atoms with Crippen molar-refractivity contribution in [3.05, 3.63) is 18.3 Å². The number of rotatable bonds is 4. The molecule has 6 heteroatoms. The first-order valence-electron chi connectivity index (χ1n) is 7.19. The van der Waals surface area contributed by atoms with E-state index in [4.69, 9.17) is 10.5 Å². The highest BCUT2D eigenvalue weighted by atomic mass is 16.5. The van der Waals surface area contributed by atoms with E-state index in [0.717, 1.165) is 31.9 Å². The Kier molecular flexibility index (Phi) is 4.67. The van der Waals surface area contributed by atoms with Crippen molar-refractivity contribution in [2.24, 2.45) is 5.41 Å². The second-order valence-corrected chi connectivity index (χ2v) is 6.08. The van der Waals surface area contributed by atoms with Crippen molar-refractivity contribution in [2.75, 3.05) is 50.5 Å². The van der Waals surface area contributed by atoms with Crippen molar-refractivity contribution >= 4 is 17.5 Å². The summed E-state index contributed by atoms with van der Waals surface area (Å²) in [5.41, 5.74) is 6.23. The number of anilines is 2. The third kappa shape index (κ3) is 3.85. The molecular weight excluding hydrogens is 268 g/mol. The lowest BCUT2D eigenvalue weighted by molar-refractivity contribution is -0.151. The van der Waals surface area contributed by atoms with Gasteiger partial charge in [-0.1, -0.05) is 0 Å². The Morgan fingerprint density at radius 3 is 2.52 bits per heavy atom. The van der Waals surface area contributed by atoms with Gasteiger partial charge in [0, 0.05) is 32.7 Å². The number of aromatic nitrogens is 1. The Balaban J connectivity index is 1.88. The number of hydrogen-bond acceptors (Lipinski definition) is 6. The summed E-state index contributed by atoms with van der Waals surface area (Å²) >= 11 is 0. The number of ether oxygens (including phenoxy) is 1. The van der Waals surface area contributed by atoms with E-state index in [1.165, 1.54) is 7.11 Å². The van der Waals surface area contributed by atoms with E-state index >= 15 is 0 Å². The first-order chi connectivity index (χ1) is 9.92. The molecule has 1 aromatic rings. The second kappa shape index (κ2) is 6.30. The van der Waals surface area contributed by atoms with Gasteiger partial charge in [0.25, 0.3) is 0 Å². The number of carbonyl (C=O) groups is 1. The molecular formula is C15H24N4O2. The van der Waals surface area contributed by atoms with Crippen molar-refractivity contribution < 1.29 is 9.53 Å². The molecule has 2 heterocycles. The molecule has 0 bridgehead atoms. The highest BCUT2D eigenvalue weighted by Gasteiger charge is 2.32. The van der Waals surface area contributed by atoms with Gasteiger partial charge in [0.2, 0.25) is 0 Å². The topological polar surface area (TPSA) is 71.7 Å². The molecule has 1 aromatic heterocycles. The lowest BCUT2D eigenvalue weighted by Gasteiger charge is -2.38. The molecule has 0 radical (unpaired) electrons. The van der Waals surface area contributed by atoms with E-state index in [9.17, 15) is 4.79 Å². The van der Waals surface area contributed by atoms with Crippen LogP contribution in [0.3, 0.4) is 0 Å². The van der Waals surface area contributed by atoms with E-state index < -0.39 is 5.41 Å². The third-order valence-electron chi connectivity index (χ3n) is 3.87. The Bertz CT molecular complexity index is 479. The number of hydrogen-bond donors (Lipinski definition) is 1. The van der Waals surface area contributed by atoms with Crippen LogP contribution in [0.15, 0.2) is 18.3 Å². The Hall–Kier alpha value is -1.82. The summed E-state index contributed by atoms with van der Waals surface area (Å²) in [5, 5.41) is 0. The standard InChI is InChI=1S/C15H24N4O2/c1-15(2,14(20)21-3)11-18-6-8-19(9-7-18)12-4-5-13(16)17-10-12/h4-5,10H,6-9,11H2,1-3H3,(H2,16,17). The molecule has 1 fully saturated rings. The Morgan fingerprint density at radius 2 is 2.00 bits per heavy atom. The number of esters is 1. The van der Waals surface area contributed by atoms with E-state index in [2.05, 4.69) is 14.8 Å². The predicted octanol–water partition coefficient (Wildman–Crippen LogP) is 0.985. The average molecular weight is 292 g/mol. The number of pyridine rings is 1. The smallest absolute Gasteiger partial charge is 0.312 e. The number of nitrogens with two attached hydrogens (primary N) is 1. The van der Waals surface area contributed by atoms with Crippen LogP contribution >= 0.6 is 0 Å². The molecule has 2 N–H and O–H groups in total. The van der Waals surface area contributed by atoms with Crippen LogP contribution in [0.25, 0.3) is 0 Å². The zero-order chi connectivity index (χ0) is 15.5. The highest BCUT2D eigenvalue weighted by Crippen LogP contribution is 2.21. The minimum Gasteiger partial charge on any atom is -0.469 e. The number of piperazine rings is 1. The summed E-state index contributed by atoms with van der Waals surface area (Å²) in [6, 6.07) is 3.82. The van der Waals surface area contributed by atoms with Crippen molar-refractivity contribution in [1.29, 1.82) is 0 Å². The van der Waals surface area contributed by atoms with Gasteiger partial charge in [-0.2, -0.15) is 0 Å². The molecule has 2 rings (SSSR count). The maximum absolute atomic E-state index is 11.7. The van der Waals surface area contributed by atoms with Crippen molar-refractivity contribution in [3.8, 4) is 0 Å². The minimum absolute atomic E-state index is 0.160. The van der Waals surface area contributed by atoms with Gasteiger partial charge in [-0.15, -0.1) is 0 Å². The zero-order valence-corrected chi connectivity index (χ0v) is 13.0. The number of nitrogen functional groups attached to an aromatic ring is 1. The van der Waals surface area contributed by atoms with Crippen molar-refractivity contribution in [1.82, 2.24) is 9.88 Å². The van der Waals surface area contributed by atoms with Crippen LogP contribution in [-0.2, 0) is 9.53 Å². The highest BCUT2D eigenvalue weighted by molar-refractivity contribution is 5.76. The summed E-state index contributed by atoms with van der Waals surface area (Å²) in [6.45, 7) is 8.25. The summed E-state index contributed by atoms with van der Waals surface area (Å²) in [4.78, 5) is 20.5. The van der Waals surface area contributed by atoms with Gasteiger partial charge in [0.15, 0.2) is 0 Å². The molecule has 6 nitrogen and oxygen atoms in total. The molecule has 116 valence electrons. The molecule has 0 amide bonds. The maximum Gasteiger partial charge on any atom is 0.312 e. The Labute approximate surface area is 125 Å². The van der Waals surface area contributed by atoms with Gasteiger partial charge in [-0.05, 0) is 26.0 Å². The van der Waals surface area contributed by atoms with Crippen molar-refractivity contribution in [2.45, 2.75) is 13.8 Å². The first kappa shape index (κ1) is 15.6. The molecule has 0 atom stereocenters. The number of methoxy groups -OCH3 is 1. The zero-order valence-electron chi connectivity index (χ0n) is 13.0. The summed E-state index contributed by atoms with van der Waals surface area (Å²) in [6.07, 6.45) is 1.81. The normalized spacial score (nSPS) is 16.8. The second-order valence-electron chi connectivity index (χ2n) is 6.08. The van der Waals surface area contributed by atoms with E-state index in [1.54, 1.807) is 0 Å². The first-order valence-corrected chi connectivity index (χ1v) is 7.19. The lowest BCUT2D eigenvalue weighted by Crippen LogP contribution is -2.50. The lowest BCUT2D eigenvalue weighted by atomic mass is 9.92. The summed E-state index contributed by atoms with van der Waals surface area (Å²) in [5.74, 6) is 0.380. The van der Waals surface area contributed by atoms with Crippen LogP contribution in [0.5, 0.6) is 0 Å². The molecule has 0 unspecified atom stereocenters. The van der Waals surface area contributed by atoms with Crippen LogP contribution in [0, 0.1) is 5.41 Å². The molecule has 0 saturated carbocycles. The molecule has 0 spiro atoms. The maximum atomic E-state index is 11.7. The van der Waals surface area contributed by atoms with Gasteiger partial charge in [-0.25, -0.2) is 4.98 Å². The largest absolute Gasteiger partial charge is 0.469 e. The summed E-state index contributed by atoms with van der Waals surface area (Å²) in [7, 11) is 1.44. The fraction of sp³-hybridized carbons (Fsp3) is 0.600. The van der Waals surface area contributed by atoms with E-state index in [-0.39, 0.29) is 5.97 Å². The number of carbonyl (C=O) groups excluding carboxylic acids is 1. The van der Waals surface area contributed by atoms with Gasteiger partial charge in [0.05, 0.1) is 24.4 Å². The molecule has 1 aliphatic rings. The molecule has 0 aliphatic carbocycles. The average Bonchev–Trinajstić information content (AvgIpc) is 2.47. The fourth-order valence-electron chi connectivity index (χ4n) is 2.65. The monoisotopic (exact) mass is 292 g/mol. The molecule has 21 heavy (non-hydrogen) atoms. The molecule has 1 aliphatic heterocycles. The quantitative estimate of drug-likeness (QED) is 0.834. The SMILES string of the molecule is COC(=O)C(C)(C)CN1CCN(c2ccc(N)nc2)CC1. The summed E-state index contributed by atoms with van der Waals surface area (Å²) < 4.78 is 4.86. The van der Waals surface area contributed by atoms with Crippen molar-refractivity contribution in [3.63, 3.8) is 0 Å². The van der Waals surface area contributed by atoms with Crippen LogP contribution in [-0.4, -0.2) is 55.7 Å². The van der Waals surface area contributed by atoms with Gasteiger partial charge in [-0.3, -0.25) is 9.69 Å². The van der Waals surface area contributed by atoms with Gasteiger partial charge < -0.3 is 15.4 Å². The number of nitrogens with zero attached hydrogens (tertiary/aromatic N) is 3.